The molecule has 15 heavy (non-hydrogen) atoms. The molecule has 1 aromatic heterocycles. The lowest BCUT2D eigenvalue weighted by atomic mass is 10.3. The maximum Gasteiger partial charge on any atom is 0.333 e. The van der Waals surface area contributed by atoms with Gasteiger partial charge in [-0.15, -0.1) is 0 Å². The van der Waals surface area contributed by atoms with E-state index < -0.39 is 0 Å². The van der Waals surface area contributed by atoms with Gasteiger partial charge in [0.05, 0.1) is 6.54 Å². The van der Waals surface area contributed by atoms with E-state index in [0.29, 0.717) is 17.5 Å². The molecule has 1 fully saturated rings. The molecule has 0 spiro atoms. The van der Waals surface area contributed by atoms with Crippen molar-refractivity contribution in [1.29, 1.82) is 0 Å². The average molecular weight is 227 g/mol. The Morgan fingerprint density at radius 1 is 1.60 bits per heavy atom. The largest absolute Gasteiger partial charge is 0.333 e. The number of urea groups is 1. The highest BCUT2D eigenvalue weighted by atomic mass is 35.5. The number of hydrogen-bond acceptors (Lipinski definition) is 3. The summed E-state index contributed by atoms with van der Waals surface area (Å²) in [5, 5.41) is 4.83. The van der Waals surface area contributed by atoms with Gasteiger partial charge in [0.2, 0.25) is 0 Å². The van der Waals surface area contributed by atoms with Crippen LogP contribution < -0.4 is 15.8 Å². The average Bonchev–Trinajstić information content (AvgIpc) is 2.16. The fraction of sp³-hybridized carbons (Fsp3) is 0.333. The van der Waals surface area contributed by atoms with Gasteiger partial charge in [-0.1, -0.05) is 17.7 Å². The van der Waals surface area contributed by atoms with E-state index in [1.807, 2.05) is 6.92 Å². The van der Waals surface area contributed by atoms with Gasteiger partial charge in [0, 0.05) is 6.04 Å². The van der Waals surface area contributed by atoms with Gasteiger partial charge in [0.25, 0.3) is 0 Å². The molecular weight excluding hydrogens is 216 g/mol. The second-order valence-corrected chi connectivity index (χ2v) is 3.80. The van der Waals surface area contributed by atoms with E-state index in [1.54, 1.807) is 23.2 Å². The van der Waals surface area contributed by atoms with Gasteiger partial charge in [0.15, 0.2) is 0 Å². The number of carbonyl (C=O) groups is 1. The van der Waals surface area contributed by atoms with Crippen LogP contribution in [-0.2, 0) is 0 Å². The minimum absolute atomic E-state index is 0.0829. The molecule has 6 heteroatoms. The van der Waals surface area contributed by atoms with Crippen molar-refractivity contribution in [3.8, 4) is 0 Å². The van der Waals surface area contributed by atoms with Gasteiger partial charge in [-0.05, 0) is 19.1 Å². The maximum atomic E-state index is 11.2. The lowest BCUT2D eigenvalue weighted by Gasteiger charge is -2.32. The van der Waals surface area contributed by atoms with Crippen LogP contribution in [0.4, 0.5) is 10.6 Å². The normalized spacial score (nSPS) is 20.8. The Bertz CT molecular complexity index is 384. The van der Waals surface area contributed by atoms with Crippen molar-refractivity contribution < 1.29 is 4.79 Å². The van der Waals surface area contributed by atoms with Gasteiger partial charge in [-0.25, -0.2) is 15.2 Å². The molecule has 1 unspecified atom stereocenters. The molecule has 1 aliphatic rings. The number of halogens is 1. The molecule has 0 bridgehead atoms. The first-order valence-corrected chi connectivity index (χ1v) is 5.00. The number of anilines is 1. The van der Waals surface area contributed by atoms with Gasteiger partial charge in [0.1, 0.15) is 11.0 Å². The van der Waals surface area contributed by atoms with E-state index in [4.69, 9.17) is 11.6 Å². The molecule has 1 aliphatic heterocycles. The van der Waals surface area contributed by atoms with Crippen LogP contribution in [0.2, 0.25) is 5.15 Å². The van der Waals surface area contributed by atoms with E-state index in [1.165, 1.54) is 0 Å². The molecule has 1 atom stereocenters. The lowest BCUT2D eigenvalue weighted by molar-refractivity contribution is 0.230. The van der Waals surface area contributed by atoms with Crippen LogP contribution in [0.1, 0.15) is 6.92 Å². The van der Waals surface area contributed by atoms with E-state index in [-0.39, 0.29) is 12.1 Å². The van der Waals surface area contributed by atoms with Crippen molar-refractivity contribution in [2.45, 2.75) is 13.0 Å². The van der Waals surface area contributed by atoms with Crippen molar-refractivity contribution >= 4 is 23.4 Å². The third kappa shape index (κ3) is 2.30. The fourth-order valence-corrected chi connectivity index (χ4v) is 1.60. The molecule has 2 rings (SSSR count). The summed E-state index contributed by atoms with van der Waals surface area (Å²) in [5.74, 6) is 0.643. The first-order chi connectivity index (χ1) is 7.15. The first kappa shape index (κ1) is 10.0. The number of carbonyl (C=O) groups excluding carboxylic acids is 1. The molecular formula is C9H11ClN4O. The number of amides is 2. The molecule has 0 radical (unpaired) electrons. The van der Waals surface area contributed by atoms with E-state index in [0.717, 1.165) is 0 Å². The molecule has 1 aromatic rings. The highest BCUT2D eigenvalue weighted by molar-refractivity contribution is 6.29. The Labute approximate surface area is 92.4 Å². The molecule has 1 saturated heterocycles. The Morgan fingerprint density at radius 2 is 2.40 bits per heavy atom. The van der Waals surface area contributed by atoms with Crippen LogP contribution in [0.5, 0.6) is 0 Å². The molecule has 5 nitrogen and oxygen atoms in total. The van der Waals surface area contributed by atoms with Crippen LogP contribution in [0.3, 0.4) is 0 Å². The van der Waals surface area contributed by atoms with Crippen molar-refractivity contribution in [2.75, 3.05) is 11.6 Å². The predicted molar refractivity (Wildman–Crippen MR) is 57.7 cm³/mol. The molecule has 0 saturated carbocycles. The zero-order chi connectivity index (χ0) is 10.8. The number of aromatic nitrogens is 1. The van der Waals surface area contributed by atoms with Crippen molar-refractivity contribution in [1.82, 2.24) is 15.7 Å². The Balaban J connectivity index is 2.19. The SMILES string of the molecule is CC1CN(c2cccc(Cl)n2)NC(=O)N1. The molecule has 2 N–H and O–H groups in total. The van der Waals surface area contributed by atoms with Crippen LogP contribution >= 0.6 is 11.6 Å². The van der Waals surface area contributed by atoms with Crippen molar-refractivity contribution in [3.05, 3.63) is 23.4 Å². The molecule has 2 heterocycles. The third-order valence-corrected chi connectivity index (χ3v) is 2.26. The summed E-state index contributed by atoms with van der Waals surface area (Å²) in [7, 11) is 0. The van der Waals surface area contributed by atoms with Crippen LogP contribution in [0.15, 0.2) is 18.2 Å². The standard InChI is InChI=1S/C9H11ClN4O/c1-6-5-14(13-9(15)11-6)8-4-2-3-7(10)12-8/h2-4,6H,5H2,1H3,(H2,11,13,15). The topological polar surface area (TPSA) is 57.3 Å². The smallest absolute Gasteiger partial charge is 0.332 e. The number of hydrazine groups is 1. The van der Waals surface area contributed by atoms with Gasteiger partial charge in [-0.3, -0.25) is 5.01 Å². The van der Waals surface area contributed by atoms with Gasteiger partial charge >= 0.3 is 6.03 Å². The quantitative estimate of drug-likeness (QED) is 0.707. The minimum Gasteiger partial charge on any atom is -0.332 e. The van der Waals surface area contributed by atoms with E-state index in [2.05, 4.69) is 15.7 Å². The van der Waals surface area contributed by atoms with Gasteiger partial charge in [-0.2, -0.15) is 0 Å². The molecule has 0 aromatic carbocycles. The monoisotopic (exact) mass is 226 g/mol. The zero-order valence-electron chi connectivity index (χ0n) is 8.20. The molecule has 80 valence electrons. The summed E-state index contributed by atoms with van der Waals surface area (Å²) < 4.78 is 0. The Hall–Kier alpha value is -1.49. The summed E-state index contributed by atoms with van der Waals surface area (Å²) in [6.07, 6.45) is 0. The number of rotatable bonds is 1. The number of nitrogens with one attached hydrogen (secondary N) is 2. The second-order valence-electron chi connectivity index (χ2n) is 3.42. The van der Waals surface area contributed by atoms with E-state index in [9.17, 15) is 4.79 Å². The minimum atomic E-state index is -0.226. The summed E-state index contributed by atoms with van der Waals surface area (Å²) in [6.45, 7) is 2.58. The Kier molecular flexibility index (Phi) is 2.64. The molecule has 0 aliphatic carbocycles. The summed E-state index contributed by atoms with van der Waals surface area (Å²) in [6, 6.07) is 5.14. The number of pyridine rings is 1. The van der Waals surface area contributed by atoms with Crippen molar-refractivity contribution in [2.24, 2.45) is 0 Å². The Morgan fingerprint density at radius 3 is 3.07 bits per heavy atom. The lowest BCUT2D eigenvalue weighted by Crippen LogP contribution is -2.60. The van der Waals surface area contributed by atoms with Crippen LogP contribution in [0, 0.1) is 0 Å². The second kappa shape index (κ2) is 3.94. The predicted octanol–water partition coefficient (Wildman–Crippen LogP) is 1.16. The highest BCUT2D eigenvalue weighted by Crippen LogP contribution is 2.14. The van der Waals surface area contributed by atoms with Crippen LogP contribution in [0.25, 0.3) is 0 Å². The third-order valence-electron chi connectivity index (χ3n) is 2.05. The maximum absolute atomic E-state index is 11.2. The van der Waals surface area contributed by atoms with Crippen molar-refractivity contribution in [3.63, 3.8) is 0 Å². The highest BCUT2D eigenvalue weighted by Gasteiger charge is 2.21. The first-order valence-electron chi connectivity index (χ1n) is 4.62. The fourth-order valence-electron chi connectivity index (χ4n) is 1.44. The van der Waals surface area contributed by atoms with E-state index >= 15 is 0 Å². The summed E-state index contributed by atoms with van der Waals surface area (Å²) >= 11 is 5.77. The van der Waals surface area contributed by atoms with Gasteiger partial charge < -0.3 is 5.32 Å². The summed E-state index contributed by atoms with van der Waals surface area (Å²) in [5.41, 5.74) is 2.65. The zero-order valence-corrected chi connectivity index (χ0v) is 8.95. The van der Waals surface area contributed by atoms with Crippen LogP contribution in [-0.4, -0.2) is 23.6 Å². The number of nitrogens with zero attached hydrogens (tertiary/aromatic N) is 2. The molecule has 2 amide bonds. The number of hydrogen-bond donors (Lipinski definition) is 2. The summed E-state index contributed by atoms with van der Waals surface area (Å²) in [4.78, 5) is 15.3.